The zero-order chi connectivity index (χ0) is 19.6. The van der Waals surface area contributed by atoms with E-state index in [1.807, 2.05) is 12.1 Å². The summed E-state index contributed by atoms with van der Waals surface area (Å²) in [7, 11) is 1.60. The maximum Gasteiger partial charge on any atom is 0.279 e. The number of carbonyl (C=O) groups excluding carboxylic acids is 1. The van der Waals surface area contributed by atoms with E-state index in [0.29, 0.717) is 19.0 Å². The molecule has 0 saturated carbocycles. The Morgan fingerprint density at radius 2 is 1.96 bits per heavy atom. The van der Waals surface area contributed by atoms with Gasteiger partial charge in [0.05, 0.1) is 23.2 Å². The molecule has 0 radical (unpaired) electrons. The van der Waals surface area contributed by atoms with Gasteiger partial charge in [0.1, 0.15) is 18.2 Å². The Kier molecular flexibility index (Phi) is 7.45. The van der Waals surface area contributed by atoms with Gasteiger partial charge in [0, 0.05) is 19.7 Å². The number of ether oxygens (including phenoxy) is 2. The minimum Gasteiger partial charge on any atom is -0.491 e. The lowest BCUT2D eigenvalue weighted by Crippen LogP contribution is -2.20. The first kappa shape index (κ1) is 20.1. The number of rotatable bonds is 9. The number of carbonyl (C=O) groups is 1. The van der Waals surface area contributed by atoms with Crippen LogP contribution in [0.4, 0.5) is 10.1 Å². The standard InChI is InChI=1S/C19H19FN2O5/c1-26-10-11-27-17-7-2-14(3-8-17)13-21-19(23)9-5-15-4-6-16(20)12-18(15)22(24)25/h2-9,12H,10-11,13H2,1H3,(H,21,23). The first-order chi connectivity index (χ1) is 13.0. The van der Waals surface area contributed by atoms with Crippen molar-refractivity contribution in [1.29, 1.82) is 0 Å². The van der Waals surface area contributed by atoms with Crippen molar-refractivity contribution in [3.63, 3.8) is 0 Å². The molecule has 0 aliphatic carbocycles. The number of hydrogen-bond acceptors (Lipinski definition) is 5. The summed E-state index contributed by atoms with van der Waals surface area (Å²) in [6, 6.07) is 10.4. The summed E-state index contributed by atoms with van der Waals surface area (Å²) < 4.78 is 23.5. The van der Waals surface area contributed by atoms with Crippen LogP contribution in [-0.4, -0.2) is 31.2 Å². The van der Waals surface area contributed by atoms with Crippen molar-refractivity contribution < 1.29 is 23.6 Å². The third-order valence-electron chi connectivity index (χ3n) is 3.55. The van der Waals surface area contributed by atoms with Gasteiger partial charge in [0.2, 0.25) is 5.91 Å². The zero-order valence-electron chi connectivity index (χ0n) is 14.7. The average Bonchev–Trinajstić information content (AvgIpc) is 2.66. The Hall–Kier alpha value is -3.26. The highest BCUT2D eigenvalue weighted by Crippen LogP contribution is 2.21. The van der Waals surface area contributed by atoms with E-state index in [-0.39, 0.29) is 12.1 Å². The van der Waals surface area contributed by atoms with Gasteiger partial charge >= 0.3 is 0 Å². The van der Waals surface area contributed by atoms with Crippen molar-refractivity contribution in [2.45, 2.75) is 6.54 Å². The summed E-state index contributed by atoms with van der Waals surface area (Å²) in [6.45, 7) is 1.23. The Bertz CT molecular complexity index is 821. The maximum absolute atomic E-state index is 13.1. The van der Waals surface area contributed by atoms with Gasteiger partial charge < -0.3 is 14.8 Å². The fourth-order valence-electron chi connectivity index (χ4n) is 2.18. The Balaban J connectivity index is 1.89. The van der Waals surface area contributed by atoms with Crippen LogP contribution in [0.15, 0.2) is 48.5 Å². The predicted octanol–water partition coefficient (Wildman–Crippen LogP) is 3.09. The van der Waals surface area contributed by atoms with E-state index >= 15 is 0 Å². The second-order valence-electron chi connectivity index (χ2n) is 5.50. The van der Waals surface area contributed by atoms with Crippen LogP contribution in [0.5, 0.6) is 5.75 Å². The molecule has 2 rings (SSSR count). The molecule has 2 aromatic rings. The topological polar surface area (TPSA) is 90.7 Å². The quantitative estimate of drug-likeness (QED) is 0.315. The SMILES string of the molecule is COCCOc1ccc(CNC(=O)C=Cc2ccc(F)cc2[N+](=O)[O-])cc1. The smallest absolute Gasteiger partial charge is 0.279 e. The number of benzene rings is 2. The second kappa shape index (κ2) is 10.0. The molecule has 1 N–H and O–H groups in total. The van der Waals surface area contributed by atoms with Gasteiger partial charge in [-0.3, -0.25) is 14.9 Å². The van der Waals surface area contributed by atoms with Gasteiger partial charge in [-0.1, -0.05) is 12.1 Å². The number of hydrogen-bond donors (Lipinski definition) is 1. The molecule has 0 bridgehead atoms. The highest BCUT2D eigenvalue weighted by Gasteiger charge is 2.12. The normalized spacial score (nSPS) is 10.7. The number of halogens is 1. The Morgan fingerprint density at radius 1 is 1.22 bits per heavy atom. The summed E-state index contributed by atoms with van der Waals surface area (Å²) >= 11 is 0. The molecule has 27 heavy (non-hydrogen) atoms. The molecule has 0 aromatic heterocycles. The molecule has 0 atom stereocenters. The van der Waals surface area contributed by atoms with E-state index in [0.717, 1.165) is 17.7 Å². The minimum absolute atomic E-state index is 0.147. The van der Waals surface area contributed by atoms with Crippen LogP contribution in [0, 0.1) is 15.9 Å². The molecule has 1 amide bonds. The van der Waals surface area contributed by atoms with E-state index in [1.54, 1.807) is 19.2 Å². The molecule has 0 spiro atoms. The number of nitro benzene ring substituents is 1. The largest absolute Gasteiger partial charge is 0.491 e. The highest BCUT2D eigenvalue weighted by atomic mass is 19.1. The summed E-state index contributed by atoms with van der Waals surface area (Å²) in [4.78, 5) is 22.1. The van der Waals surface area contributed by atoms with Gasteiger partial charge in [-0.2, -0.15) is 0 Å². The van der Waals surface area contributed by atoms with Crippen LogP contribution in [0.1, 0.15) is 11.1 Å². The van der Waals surface area contributed by atoms with Crippen molar-refractivity contribution in [1.82, 2.24) is 5.32 Å². The Morgan fingerprint density at radius 3 is 2.63 bits per heavy atom. The fourth-order valence-corrected chi connectivity index (χ4v) is 2.18. The summed E-state index contributed by atoms with van der Waals surface area (Å²) in [5, 5.41) is 13.6. The molecule has 0 aliphatic heterocycles. The van der Waals surface area contributed by atoms with Crippen LogP contribution < -0.4 is 10.1 Å². The van der Waals surface area contributed by atoms with E-state index < -0.39 is 22.3 Å². The van der Waals surface area contributed by atoms with Crippen LogP contribution in [-0.2, 0) is 16.1 Å². The van der Waals surface area contributed by atoms with Crippen molar-refractivity contribution in [3.8, 4) is 5.75 Å². The van der Waals surface area contributed by atoms with E-state index in [1.165, 1.54) is 18.2 Å². The summed E-state index contributed by atoms with van der Waals surface area (Å²) in [5.74, 6) is -0.433. The molecule has 0 saturated heterocycles. The molecule has 8 heteroatoms. The van der Waals surface area contributed by atoms with Gasteiger partial charge in [-0.05, 0) is 35.9 Å². The predicted molar refractivity (Wildman–Crippen MR) is 97.7 cm³/mol. The van der Waals surface area contributed by atoms with Gasteiger partial charge in [0.15, 0.2) is 0 Å². The molecular formula is C19H19FN2O5. The lowest BCUT2D eigenvalue weighted by Gasteiger charge is -2.07. The molecule has 0 unspecified atom stereocenters. The third kappa shape index (κ3) is 6.52. The molecule has 142 valence electrons. The molecule has 0 heterocycles. The summed E-state index contributed by atoms with van der Waals surface area (Å²) in [5.41, 5.74) is 0.612. The molecule has 0 aliphatic rings. The molecule has 2 aromatic carbocycles. The minimum atomic E-state index is -0.710. The average molecular weight is 374 g/mol. The van der Waals surface area contributed by atoms with Crippen molar-refractivity contribution >= 4 is 17.7 Å². The first-order valence-corrected chi connectivity index (χ1v) is 8.10. The van der Waals surface area contributed by atoms with E-state index in [2.05, 4.69) is 5.32 Å². The van der Waals surface area contributed by atoms with Crippen LogP contribution >= 0.6 is 0 Å². The summed E-state index contributed by atoms with van der Waals surface area (Å²) in [6.07, 6.45) is 2.45. The first-order valence-electron chi connectivity index (χ1n) is 8.10. The van der Waals surface area contributed by atoms with Crippen molar-refractivity contribution in [2.24, 2.45) is 0 Å². The van der Waals surface area contributed by atoms with Gasteiger partial charge in [-0.15, -0.1) is 0 Å². The van der Waals surface area contributed by atoms with Crippen LogP contribution in [0.3, 0.4) is 0 Å². The molecule has 7 nitrogen and oxygen atoms in total. The van der Waals surface area contributed by atoms with Crippen molar-refractivity contribution in [2.75, 3.05) is 20.3 Å². The zero-order valence-corrected chi connectivity index (χ0v) is 14.7. The lowest BCUT2D eigenvalue weighted by atomic mass is 10.1. The Labute approximate surface area is 155 Å². The van der Waals surface area contributed by atoms with Gasteiger partial charge in [0.25, 0.3) is 5.69 Å². The highest BCUT2D eigenvalue weighted by molar-refractivity contribution is 5.92. The van der Waals surface area contributed by atoms with E-state index in [4.69, 9.17) is 9.47 Å². The van der Waals surface area contributed by atoms with Crippen LogP contribution in [0.2, 0.25) is 0 Å². The number of nitrogens with zero attached hydrogens (tertiary/aromatic N) is 1. The third-order valence-corrected chi connectivity index (χ3v) is 3.55. The number of amides is 1. The van der Waals surface area contributed by atoms with Crippen LogP contribution in [0.25, 0.3) is 6.08 Å². The fraction of sp³-hybridized carbons (Fsp3) is 0.211. The molecular weight excluding hydrogens is 355 g/mol. The monoisotopic (exact) mass is 374 g/mol. The van der Waals surface area contributed by atoms with Gasteiger partial charge in [-0.25, -0.2) is 4.39 Å². The number of nitro groups is 1. The molecule has 0 fully saturated rings. The van der Waals surface area contributed by atoms with E-state index in [9.17, 15) is 19.3 Å². The second-order valence-corrected chi connectivity index (χ2v) is 5.50. The maximum atomic E-state index is 13.1. The number of nitrogens with one attached hydrogen (secondary N) is 1. The number of methoxy groups -OCH3 is 1. The lowest BCUT2D eigenvalue weighted by molar-refractivity contribution is -0.385. The van der Waals surface area contributed by atoms with Crippen molar-refractivity contribution in [3.05, 3.63) is 75.6 Å².